The fourth-order valence-corrected chi connectivity index (χ4v) is 4.09. The second-order valence-corrected chi connectivity index (χ2v) is 7.12. The van der Waals surface area contributed by atoms with Crippen LogP contribution in [-0.4, -0.2) is 12.5 Å². The van der Waals surface area contributed by atoms with E-state index >= 15 is 0 Å². The van der Waals surface area contributed by atoms with Gasteiger partial charge in [-0.3, -0.25) is 4.79 Å². The summed E-state index contributed by atoms with van der Waals surface area (Å²) in [7, 11) is 0. The van der Waals surface area contributed by atoms with Gasteiger partial charge in [-0.2, -0.15) is 0 Å². The first kappa shape index (κ1) is 16.5. The Balaban J connectivity index is 1.49. The molecule has 0 unspecified atom stereocenters. The monoisotopic (exact) mass is 366 g/mol. The molecule has 0 saturated carbocycles. The third kappa shape index (κ3) is 2.99. The normalized spacial score (nSPS) is 11.2. The maximum absolute atomic E-state index is 11.4. The summed E-state index contributed by atoms with van der Waals surface area (Å²) >= 11 is 1.47. The molecule has 26 heavy (non-hydrogen) atoms. The van der Waals surface area contributed by atoms with Crippen LogP contribution in [0.1, 0.15) is 22.5 Å². The molecule has 2 aromatic heterocycles. The number of primary amides is 1. The maximum atomic E-state index is 11.4. The number of carbonyl (C=O) groups excluding carboxylic acids is 1. The zero-order valence-corrected chi connectivity index (χ0v) is 14.8. The lowest BCUT2D eigenvalue weighted by molar-refractivity contribution is 0.0977. The van der Waals surface area contributed by atoms with Crippen molar-refractivity contribution in [2.45, 2.75) is 12.8 Å². The molecule has 0 aliphatic heterocycles. The predicted octanol–water partition coefficient (Wildman–Crippen LogP) is 4.34. The molecule has 0 atom stereocenters. The van der Waals surface area contributed by atoms with E-state index in [2.05, 4.69) is 12.1 Å². The molecule has 4 aromatic rings. The van der Waals surface area contributed by atoms with E-state index < -0.39 is 5.91 Å². The van der Waals surface area contributed by atoms with Gasteiger partial charge in [-0.1, -0.05) is 30.3 Å². The number of anilines is 1. The van der Waals surface area contributed by atoms with Crippen LogP contribution in [0.4, 0.5) is 5.69 Å². The number of fused-ring (bicyclic) bond motifs is 3. The van der Waals surface area contributed by atoms with E-state index in [1.165, 1.54) is 16.9 Å². The van der Waals surface area contributed by atoms with Crippen molar-refractivity contribution in [2.24, 2.45) is 5.73 Å². The van der Waals surface area contributed by atoms with Gasteiger partial charge in [-0.15, -0.1) is 11.3 Å². The highest BCUT2D eigenvalue weighted by molar-refractivity contribution is 7.26. The maximum Gasteiger partial charge on any atom is 0.286 e. The predicted molar refractivity (Wildman–Crippen MR) is 105 cm³/mol. The highest BCUT2D eigenvalue weighted by Gasteiger charge is 2.20. The second-order valence-electron chi connectivity index (χ2n) is 6.07. The summed E-state index contributed by atoms with van der Waals surface area (Å²) in [5, 5.41) is 0.904. The molecular weight excluding hydrogens is 348 g/mol. The van der Waals surface area contributed by atoms with Gasteiger partial charge in [-0.05, 0) is 36.6 Å². The number of hydrogen-bond acceptors (Lipinski definition) is 5. The largest absolute Gasteiger partial charge is 0.494 e. The molecule has 0 saturated heterocycles. The van der Waals surface area contributed by atoms with Crippen molar-refractivity contribution >= 4 is 43.3 Å². The van der Waals surface area contributed by atoms with E-state index in [4.69, 9.17) is 20.6 Å². The molecule has 132 valence electrons. The van der Waals surface area contributed by atoms with Crippen molar-refractivity contribution < 1.29 is 13.9 Å². The Morgan fingerprint density at radius 2 is 1.96 bits per heavy atom. The van der Waals surface area contributed by atoms with E-state index in [1.807, 2.05) is 36.4 Å². The Morgan fingerprint density at radius 1 is 1.15 bits per heavy atom. The number of furan rings is 1. The minimum atomic E-state index is -0.655. The summed E-state index contributed by atoms with van der Waals surface area (Å²) in [6.45, 7) is 0.649. The summed E-state index contributed by atoms with van der Waals surface area (Å²) in [5.41, 5.74) is 13.5. The Labute approximate surface area is 154 Å². The first-order valence-electron chi connectivity index (χ1n) is 8.34. The van der Waals surface area contributed by atoms with E-state index in [-0.39, 0.29) is 5.76 Å². The van der Waals surface area contributed by atoms with Gasteiger partial charge >= 0.3 is 0 Å². The molecule has 0 radical (unpaired) electrons. The quantitative estimate of drug-likeness (QED) is 0.497. The lowest BCUT2D eigenvalue weighted by Crippen LogP contribution is -2.11. The van der Waals surface area contributed by atoms with Crippen LogP contribution >= 0.6 is 11.3 Å². The molecule has 4 rings (SSSR count). The van der Waals surface area contributed by atoms with Crippen LogP contribution in [0.2, 0.25) is 0 Å². The van der Waals surface area contributed by atoms with E-state index in [0.717, 1.165) is 33.4 Å². The fraction of sp³-hybridized carbons (Fsp3) is 0.150. The summed E-state index contributed by atoms with van der Waals surface area (Å²) < 4.78 is 13.2. The lowest BCUT2D eigenvalue weighted by atomic mass is 10.1. The molecule has 0 fully saturated rings. The van der Waals surface area contributed by atoms with Crippen molar-refractivity contribution in [1.82, 2.24) is 0 Å². The van der Waals surface area contributed by atoms with Gasteiger partial charge in [0.05, 0.1) is 11.3 Å². The molecular formula is C20H18N2O3S. The number of benzene rings is 2. The van der Waals surface area contributed by atoms with Crippen LogP contribution < -0.4 is 16.2 Å². The van der Waals surface area contributed by atoms with E-state index in [1.54, 1.807) is 0 Å². The number of hydrogen-bond donors (Lipinski definition) is 2. The van der Waals surface area contributed by atoms with Crippen LogP contribution in [0.3, 0.4) is 0 Å². The van der Waals surface area contributed by atoms with E-state index in [9.17, 15) is 4.79 Å². The van der Waals surface area contributed by atoms with E-state index in [0.29, 0.717) is 17.9 Å². The number of nitrogens with two attached hydrogens (primary N) is 2. The zero-order chi connectivity index (χ0) is 18.1. The molecule has 0 bridgehead atoms. The average Bonchev–Trinajstić information content (AvgIpc) is 3.16. The zero-order valence-electron chi connectivity index (χ0n) is 14.0. The average molecular weight is 366 g/mol. The van der Waals surface area contributed by atoms with Crippen molar-refractivity contribution in [1.29, 1.82) is 0 Å². The SMILES string of the molecule is NC(=O)c1oc2c(sc3cc(OCCCc4ccccc4)ccc32)c1N. The minimum Gasteiger partial charge on any atom is -0.494 e. The highest BCUT2D eigenvalue weighted by Crippen LogP contribution is 2.41. The first-order valence-corrected chi connectivity index (χ1v) is 9.16. The standard InChI is InChI=1S/C20H18N2O3S/c21-16-18(20(22)23)25-17-14-9-8-13(11-15(14)26-19(16)17)24-10-4-7-12-5-2-1-3-6-12/h1-3,5-6,8-9,11H,4,7,10,21H2,(H2,22,23). The van der Waals surface area contributed by atoms with Gasteiger partial charge in [0.15, 0.2) is 5.58 Å². The molecule has 4 N–H and O–H groups in total. The lowest BCUT2D eigenvalue weighted by Gasteiger charge is -2.06. The van der Waals surface area contributed by atoms with Crippen molar-refractivity contribution in [2.75, 3.05) is 12.3 Å². The molecule has 0 spiro atoms. The summed E-state index contributed by atoms with van der Waals surface area (Å²) in [4.78, 5) is 11.4. The molecule has 2 aromatic carbocycles. The fourth-order valence-electron chi connectivity index (χ4n) is 2.98. The second kappa shape index (κ2) is 6.72. The number of nitrogen functional groups attached to an aromatic ring is 1. The van der Waals surface area contributed by atoms with Crippen molar-refractivity contribution in [3.05, 3.63) is 59.9 Å². The minimum absolute atomic E-state index is 0.0226. The molecule has 1 amide bonds. The third-order valence-corrected chi connectivity index (χ3v) is 5.42. The van der Waals surface area contributed by atoms with Crippen LogP contribution in [0.25, 0.3) is 20.4 Å². The van der Waals surface area contributed by atoms with Crippen LogP contribution in [0.15, 0.2) is 52.9 Å². The topological polar surface area (TPSA) is 91.5 Å². The number of aryl methyl sites for hydroxylation is 1. The Kier molecular flexibility index (Phi) is 4.26. The first-order chi connectivity index (χ1) is 12.6. The van der Waals surface area contributed by atoms with Gasteiger partial charge < -0.3 is 20.6 Å². The molecule has 6 heteroatoms. The summed E-state index contributed by atoms with van der Waals surface area (Å²) in [5.74, 6) is 0.176. The van der Waals surface area contributed by atoms with Gasteiger partial charge in [0, 0.05) is 10.1 Å². The summed E-state index contributed by atoms with van der Waals surface area (Å²) in [6.07, 6.45) is 1.94. The molecule has 0 aliphatic carbocycles. The molecule has 2 heterocycles. The molecule has 5 nitrogen and oxygen atoms in total. The molecule has 0 aliphatic rings. The number of amides is 1. The smallest absolute Gasteiger partial charge is 0.286 e. The van der Waals surface area contributed by atoms with Gasteiger partial charge in [0.1, 0.15) is 11.4 Å². The number of thiophene rings is 1. The van der Waals surface area contributed by atoms with Gasteiger partial charge in [0.2, 0.25) is 5.76 Å². The third-order valence-electron chi connectivity index (χ3n) is 4.25. The van der Waals surface area contributed by atoms with Crippen molar-refractivity contribution in [3.8, 4) is 5.75 Å². The van der Waals surface area contributed by atoms with Gasteiger partial charge in [0.25, 0.3) is 5.91 Å². The Bertz CT molecular complexity index is 1080. The van der Waals surface area contributed by atoms with Crippen LogP contribution in [0.5, 0.6) is 5.75 Å². The number of carbonyl (C=O) groups is 1. The number of rotatable bonds is 6. The van der Waals surface area contributed by atoms with Crippen molar-refractivity contribution in [3.63, 3.8) is 0 Å². The van der Waals surface area contributed by atoms with Crippen LogP contribution in [0, 0.1) is 0 Å². The van der Waals surface area contributed by atoms with Gasteiger partial charge in [-0.25, -0.2) is 0 Å². The Hall–Kier alpha value is -2.99. The highest BCUT2D eigenvalue weighted by atomic mass is 32.1. The summed E-state index contributed by atoms with van der Waals surface area (Å²) in [6, 6.07) is 16.2. The van der Waals surface area contributed by atoms with Crippen LogP contribution in [-0.2, 0) is 6.42 Å². The number of ether oxygens (including phenoxy) is 1. The Morgan fingerprint density at radius 3 is 2.73 bits per heavy atom.